The molecule has 0 aromatic carbocycles. The Bertz CT molecular complexity index is 232. The van der Waals surface area contributed by atoms with Crippen LogP contribution in [0.25, 0.3) is 0 Å². The van der Waals surface area contributed by atoms with Gasteiger partial charge in [-0.2, -0.15) is 0 Å². The monoisotopic (exact) mass is 134 g/mol. The summed E-state index contributed by atoms with van der Waals surface area (Å²) >= 11 is 0. The molecule has 1 saturated carbocycles. The van der Waals surface area contributed by atoms with Gasteiger partial charge in [0.05, 0.1) is 0 Å². The van der Waals surface area contributed by atoms with Gasteiger partial charge < -0.3 is 0 Å². The van der Waals surface area contributed by atoms with E-state index in [0.717, 1.165) is 0 Å². The Morgan fingerprint density at radius 3 is 2.10 bits per heavy atom. The van der Waals surface area contributed by atoms with Gasteiger partial charge in [0.15, 0.2) is 0 Å². The largest absolute Gasteiger partial charge is 0.0984 e. The third kappa shape index (κ3) is 0.338. The maximum atomic E-state index is 4.09. The number of rotatable bonds is 0. The van der Waals surface area contributed by atoms with Gasteiger partial charge in [-0.3, -0.25) is 0 Å². The summed E-state index contributed by atoms with van der Waals surface area (Å²) in [7, 11) is 0. The molecular formula is C10H14. The van der Waals surface area contributed by atoms with Crippen molar-refractivity contribution >= 4 is 0 Å². The predicted octanol–water partition coefficient (Wildman–Crippen LogP) is 2.77. The molecule has 3 rings (SSSR count). The van der Waals surface area contributed by atoms with E-state index < -0.39 is 0 Å². The van der Waals surface area contributed by atoms with Gasteiger partial charge in [-0.25, -0.2) is 0 Å². The molecule has 0 N–H and O–H groups in total. The van der Waals surface area contributed by atoms with Crippen LogP contribution in [0, 0.1) is 16.7 Å². The van der Waals surface area contributed by atoms with E-state index in [1.54, 1.807) is 0 Å². The molecule has 0 nitrogen and oxygen atoms in total. The predicted molar refractivity (Wildman–Crippen MR) is 43.7 cm³/mol. The van der Waals surface area contributed by atoms with Gasteiger partial charge in [0.1, 0.15) is 0 Å². The Kier molecular flexibility index (Phi) is 0.776. The minimum absolute atomic E-state index is 0.317. The second kappa shape index (κ2) is 1.25. The maximum absolute atomic E-state index is 4.09. The van der Waals surface area contributed by atoms with Gasteiger partial charge >= 0.3 is 0 Å². The zero-order valence-corrected chi connectivity index (χ0v) is 6.94. The van der Waals surface area contributed by atoms with Crippen LogP contribution < -0.4 is 0 Å². The van der Waals surface area contributed by atoms with Crippen LogP contribution in [0.4, 0.5) is 0 Å². The first-order valence-electron chi connectivity index (χ1n) is 3.89. The van der Waals surface area contributed by atoms with Crippen molar-refractivity contribution in [3.63, 3.8) is 0 Å². The quantitative estimate of drug-likeness (QED) is 0.447. The molecule has 0 radical (unpaired) electrons. The fourth-order valence-corrected chi connectivity index (χ4v) is 2.38. The third-order valence-electron chi connectivity index (χ3n) is 3.78. The molecule has 0 aromatic heterocycles. The highest BCUT2D eigenvalue weighted by atomic mass is 14.6. The van der Waals surface area contributed by atoms with Crippen molar-refractivity contribution in [1.29, 1.82) is 0 Å². The average molecular weight is 134 g/mol. The Morgan fingerprint density at radius 1 is 1.40 bits per heavy atom. The Balaban J connectivity index is 2.50. The van der Waals surface area contributed by atoms with Crippen molar-refractivity contribution in [1.82, 2.24) is 0 Å². The van der Waals surface area contributed by atoms with Gasteiger partial charge in [-0.15, -0.1) is 0 Å². The molecule has 0 heterocycles. The van der Waals surface area contributed by atoms with Crippen molar-refractivity contribution in [3.8, 4) is 0 Å². The molecule has 2 bridgehead atoms. The average Bonchev–Trinajstić information content (AvgIpc) is 2.23. The molecule has 0 heteroatoms. The van der Waals surface area contributed by atoms with Gasteiger partial charge in [0.2, 0.25) is 0 Å². The molecule has 2 unspecified atom stereocenters. The van der Waals surface area contributed by atoms with Crippen LogP contribution in [0.3, 0.4) is 0 Å². The fraction of sp³-hybridized carbons (Fsp3) is 0.600. The summed E-state index contributed by atoms with van der Waals surface area (Å²) in [6.07, 6.45) is 4.63. The fourth-order valence-electron chi connectivity index (χ4n) is 2.38. The van der Waals surface area contributed by atoms with E-state index in [0.29, 0.717) is 16.7 Å². The van der Waals surface area contributed by atoms with E-state index in [1.807, 2.05) is 0 Å². The molecule has 0 amide bonds. The van der Waals surface area contributed by atoms with Crippen LogP contribution in [0.1, 0.15) is 20.8 Å². The molecule has 1 fully saturated rings. The van der Waals surface area contributed by atoms with Crippen molar-refractivity contribution in [2.45, 2.75) is 20.8 Å². The van der Waals surface area contributed by atoms with Gasteiger partial charge in [0, 0.05) is 11.3 Å². The third-order valence-corrected chi connectivity index (χ3v) is 3.78. The minimum Gasteiger partial charge on any atom is -0.0984 e. The first-order valence-corrected chi connectivity index (χ1v) is 3.89. The van der Waals surface area contributed by atoms with Crippen LogP contribution in [-0.4, -0.2) is 0 Å². The van der Waals surface area contributed by atoms with Crippen molar-refractivity contribution in [3.05, 3.63) is 24.3 Å². The standard InChI is InChI=1S/C10H14/c1-7-8-5-6-10(7,4)9(8,2)3/h5-6,8H,1H2,2-4H3. The maximum Gasteiger partial charge on any atom is 0.0126 e. The Morgan fingerprint density at radius 2 is 2.00 bits per heavy atom. The van der Waals surface area contributed by atoms with Crippen LogP contribution in [-0.2, 0) is 0 Å². The van der Waals surface area contributed by atoms with Crippen molar-refractivity contribution < 1.29 is 0 Å². The lowest BCUT2D eigenvalue weighted by Crippen LogP contribution is -2.48. The normalized spacial score (nSPS) is 47.5. The van der Waals surface area contributed by atoms with E-state index in [1.165, 1.54) is 5.57 Å². The molecule has 0 spiro atoms. The first-order chi connectivity index (χ1) is 4.50. The van der Waals surface area contributed by atoms with Crippen LogP contribution in [0.2, 0.25) is 0 Å². The summed E-state index contributed by atoms with van der Waals surface area (Å²) in [6, 6.07) is 0. The summed E-state index contributed by atoms with van der Waals surface area (Å²) in [4.78, 5) is 0. The first kappa shape index (κ1) is 6.21. The lowest BCUT2D eigenvalue weighted by Gasteiger charge is -2.55. The molecule has 54 valence electrons. The van der Waals surface area contributed by atoms with E-state index in [9.17, 15) is 0 Å². The van der Waals surface area contributed by atoms with Crippen molar-refractivity contribution in [2.75, 3.05) is 0 Å². The van der Waals surface area contributed by atoms with Crippen molar-refractivity contribution in [2.24, 2.45) is 16.7 Å². The number of allylic oxidation sites excluding steroid dienone is 3. The highest BCUT2D eigenvalue weighted by Gasteiger charge is 2.61. The van der Waals surface area contributed by atoms with E-state index in [4.69, 9.17) is 0 Å². The second-order valence-electron chi connectivity index (χ2n) is 4.29. The summed E-state index contributed by atoms with van der Waals surface area (Å²) in [6.45, 7) is 11.0. The zero-order chi connectivity index (χ0) is 7.57. The lowest BCUT2D eigenvalue weighted by atomic mass is 9.48. The summed E-state index contributed by atoms with van der Waals surface area (Å²) < 4.78 is 0. The molecule has 2 atom stereocenters. The highest BCUT2D eigenvalue weighted by molar-refractivity contribution is 5.46. The molecule has 0 aliphatic heterocycles. The number of hydrogen-bond donors (Lipinski definition) is 0. The Hall–Kier alpha value is -0.520. The summed E-state index contributed by atoms with van der Waals surface area (Å²) in [5.74, 6) is 0.664. The minimum atomic E-state index is 0.317. The number of hydrogen-bond acceptors (Lipinski definition) is 0. The zero-order valence-electron chi connectivity index (χ0n) is 6.94. The van der Waals surface area contributed by atoms with Gasteiger partial charge in [-0.1, -0.05) is 45.1 Å². The molecule has 0 saturated heterocycles. The van der Waals surface area contributed by atoms with Crippen LogP contribution >= 0.6 is 0 Å². The Labute approximate surface area is 62.6 Å². The molecule has 3 aliphatic rings. The summed E-state index contributed by atoms with van der Waals surface area (Å²) in [5.41, 5.74) is 2.18. The molecule has 10 heavy (non-hydrogen) atoms. The molecule has 0 aromatic rings. The summed E-state index contributed by atoms with van der Waals surface area (Å²) in [5, 5.41) is 0. The second-order valence-corrected chi connectivity index (χ2v) is 4.29. The van der Waals surface area contributed by atoms with Gasteiger partial charge in [0.25, 0.3) is 0 Å². The van der Waals surface area contributed by atoms with E-state index >= 15 is 0 Å². The molecule has 3 aliphatic carbocycles. The smallest absolute Gasteiger partial charge is 0.0126 e. The SMILES string of the molecule is C=C1C2C=CC1(C)C2(C)C. The van der Waals surface area contributed by atoms with E-state index in [2.05, 4.69) is 39.5 Å². The van der Waals surface area contributed by atoms with Crippen LogP contribution in [0.5, 0.6) is 0 Å². The lowest BCUT2D eigenvalue weighted by molar-refractivity contribution is 0.0669. The molecular weight excluding hydrogens is 120 g/mol. The highest BCUT2D eigenvalue weighted by Crippen LogP contribution is 2.69. The van der Waals surface area contributed by atoms with E-state index in [-0.39, 0.29) is 0 Å². The van der Waals surface area contributed by atoms with Crippen LogP contribution in [0.15, 0.2) is 24.3 Å². The van der Waals surface area contributed by atoms with Gasteiger partial charge in [-0.05, 0) is 5.41 Å². The topological polar surface area (TPSA) is 0 Å².